The van der Waals surface area contributed by atoms with Gasteiger partial charge in [-0.3, -0.25) is 9.59 Å². The molecule has 2 saturated heterocycles. The van der Waals surface area contributed by atoms with E-state index in [1.807, 2.05) is 6.07 Å². The van der Waals surface area contributed by atoms with Crippen LogP contribution in [-0.2, 0) is 22.2 Å². The number of fused-ring (bicyclic) bond motifs is 2. The molecule has 5 rings (SSSR count). The second kappa shape index (κ2) is 7.14. The fraction of sp³-hybridized carbons (Fsp3) is 0.304. The Labute approximate surface area is 176 Å². The number of nitrogens with zero attached hydrogens (tertiary/aromatic N) is 1. The highest BCUT2D eigenvalue weighted by Crippen LogP contribution is 2.40. The lowest BCUT2D eigenvalue weighted by Crippen LogP contribution is -2.61. The van der Waals surface area contributed by atoms with E-state index < -0.39 is 23.8 Å². The van der Waals surface area contributed by atoms with Crippen LogP contribution in [0.1, 0.15) is 24.0 Å². The van der Waals surface area contributed by atoms with Crippen molar-refractivity contribution in [2.75, 3.05) is 6.54 Å². The van der Waals surface area contributed by atoms with Crippen molar-refractivity contribution in [2.45, 2.75) is 37.5 Å². The second-order valence-corrected chi connectivity index (χ2v) is 8.02. The number of H-pyrrole nitrogens is 1. The first-order valence-corrected chi connectivity index (χ1v) is 10.2. The topological polar surface area (TPSA) is 65.2 Å². The number of hydrogen-bond acceptors (Lipinski definition) is 2. The number of nitrogens with one attached hydrogen (secondary N) is 2. The maximum atomic E-state index is 13.7. The Balaban J connectivity index is 1.62. The molecular weight excluding hydrogens is 407 g/mol. The normalized spacial score (nSPS) is 21.5. The van der Waals surface area contributed by atoms with Crippen molar-refractivity contribution < 1.29 is 22.8 Å². The molecule has 0 aliphatic carbocycles. The predicted molar refractivity (Wildman–Crippen MR) is 109 cm³/mol. The number of carbonyl (C=O) groups is 2. The van der Waals surface area contributed by atoms with E-state index in [0.717, 1.165) is 17.9 Å². The van der Waals surface area contributed by atoms with E-state index in [0.29, 0.717) is 29.7 Å². The molecule has 3 heterocycles. The molecule has 0 spiro atoms. The first-order chi connectivity index (χ1) is 14.8. The molecule has 5 nitrogen and oxygen atoms in total. The molecule has 2 aliphatic heterocycles. The highest BCUT2D eigenvalue weighted by atomic mass is 19.4. The maximum absolute atomic E-state index is 13.7. The molecule has 2 aromatic carbocycles. The van der Waals surface area contributed by atoms with Gasteiger partial charge in [0, 0.05) is 29.4 Å². The third kappa shape index (κ3) is 3.26. The summed E-state index contributed by atoms with van der Waals surface area (Å²) in [5.41, 5.74) is 0.859. The third-order valence-electron chi connectivity index (χ3n) is 6.18. The Hall–Kier alpha value is -3.29. The van der Waals surface area contributed by atoms with Crippen LogP contribution in [-0.4, -0.2) is 40.3 Å². The number of halogens is 3. The molecule has 31 heavy (non-hydrogen) atoms. The number of hydrogen-bond donors (Lipinski definition) is 2. The van der Waals surface area contributed by atoms with E-state index in [2.05, 4.69) is 10.3 Å². The van der Waals surface area contributed by atoms with Crippen LogP contribution in [0.5, 0.6) is 0 Å². The Morgan fingerprint density at radius 1 is 1.03 bits per heavy atom. The van der Waals surface area contributed by atoms with E-state index in [-0.39, 0.29) is 23.8 Å². The second-order valence-electron chi connectivity index (χ2n) is 8.02. The summed E-state index contributed by atoms with van der Waals surface area (Å²) >= 11 is 0. The van der Waals surface area contributed by atoms with Crippen molar-refractivity contribution in [3.63, 3.8) is 0 Å². The van der Waals surface area contributed by atoms with Crippen LogP contribution in [0.3, 0.4) is 0 Å². The lowest BCUT2D eigenvalue weighted by molar-refractivity contribution is -0.146. The summed E-state index contributed by atoms with van der Waals surface area (Å²) in [6.07, 6.45) is -3.00. The largest absolute Gasteiger partial charge is 0.417 e. The molecule has 2 atom stereocenters. The standard InChI is InChI=1S/C23H20F3N3O2/c24-23(25,26)16-8-3-1-7-14(16)20-15(13-6-2-4-9-17(13)27-20)12-18-22(31)29-11-5-10-19(29)21(30)28-18/h1-4,6-9,18-19,27H,5,10-12H2,(H,28,30)/t18-,19-/m0/s1. The van der Waals surface area contributed by atoms with Gasteiger partial charge in [0.1, 0.15) is 12.1 Å². The molecule has 0 saturated carbocycles. The fourth-order valence-corrected chi connectivity index (χ4v) is 4.77. The van der Waals surface area contributed by atoms with Crippen LogP contribution in [0, 0.1) is 0 Å². The lowest BCUT2D eigenvalue weighted by atomic mass is 9.94. The van der Waals surface area contributed by atoms with Gasteiger partial charge in [-0.15, -0.1) is 0 Å². The SMILES string of the molecule is O=C1N[C@@H](Cc2c(-c3ccccc3C(F)(F)F)[nH]c3ccccc23)C(=O)N2CCC[C@@H]12. The van der Waals surface area contributed by atoms with Crippen LogP contribution in [0.4, 0.5) is 13.2 Å². The van der Waals surface area contributed by atoms with E-state index in [9.17, 15) is 22.8 Å². The summed E-state index contributed by atoms with van der Waals surface area (Å²) in [6.45, 7) is 0.533. The van der Waals surface area contributed by atoms with E-state index in [1.165, 1.54) is 12.1 Å². The molecule has 8 heteroatoms. The first-order valence-electron chi connectivity index (χ1n) is 10.2. The van der Waals surface area contributed by atoms with Crippen LogP contribution in [0.2, 0.25) is 0 Å². The molecule has 0 unspecified atom stereocenters. The van der Waals surface area contributed by atoms with Crippen molar-refractivity contribution in [1.29, 1.82) is 0 Å². The molecule has 0 bridgehead atoms. The monoisotopic (exact) mass is 427 g/mol. The average Bonchev–Trinajstić information content (AvgIpc) is 3.37. The number of rotatable bonds is 3. The number of amides is 2. The van der Waals surface area contributed by atoms with Gasteiger partial charge >= 0.3 is 6.18 Å². The quantitative estimate of drug-likeness (QED) is 0.666. The van der Waals surface area contributed by atoms with Gasteiger partial charge < -0.3 is 15.2 Å². The van der Waals surface area contributed by atoms with Crippen molar-refractivity contribution in [2.24, 2.45) is 0 Å². The molecular formula is C23H20F3N3O2. The molecule has 2 N–H and O–H groups in total. The van der Waals surface area contributed by atoms with Gasteiger partial charge in [0.25, 0.3) is 0 Å². The van der Waals surface area contributed by atoms with Crippen LogP contribution < -0.4 is 5.32 Å². The van der Waals surface area contributed by atoms with Crippen molar-refractivity contribution in [3.05, 3.63) is 59.7 Å². The molecule has 0 radical (unpaired) electrons. The van der Waals surface area contributed by atoms with Crippen molar-refractivity contribution in [1.82, 2.24) is 15.2 Å². The van der Waals surface area contributed by atoms with Crippen LogP contribution >= 0.6 is 0 Å². The smallest absolute Gasteiger partial charge is 0.354 e. The predicted octanol–water partition coefficient (Wildman–Crippen LogP) is 3.89. The number of carbonyl (C=O) groups excluding carboxylic acids is 2. The molecule has 2 amide bonds. The number of aromatic nitrogens is 1. The zero-order valence-corrected chi connectivity index (χ0v) is 16.5. The Bertz CT molecular complexity index is 1180. The summed E-state index contributed by atoms with van der Waals surface area (Å²) in [7, 11) is 0. The zero-order chi connectivity index (χ0) is 21.8. The summed E-state index contributed by atoms with van der Waals surface area (Å²) in [4.78, 5) is 30.2. The Kier molecular flexibility index (Phi) is 4.53. The number of alkyl halides is 3. The molecule has 160 valence electrons. The van der Waals surface area contributed by atoms with Gasteiger partial charge in [0.05, 0.1) is 11.3 Å². The third-order valence-corrected chi connectivity index (χ3v) is 6.18. The Morgan fingerprint density at radius 2 is 1.77 bits per heavy atom. The zero-order valence-electron chi connectivity index (χ0n) is 16.5. The van der Waals surface area contributed by atoms with Gasteiger partial charge in [0.15, 0.2) is 0 Å². The number of benzene rings is 2. The van der Waals surface area contributed by atoms with Crippen LogP contribution in [0.25, 0.3) is 22.2 Å². The minimum atomic E-state index is -4.52. The molecule has 1 aromatic heterocycles. The molecule has 3 aromatic rings. The van der Waals surface area contributed by atoms with Gasteiger partial charge in [-0.05, 0) is 30.5 Å². The van der Waals surface area contributed by atoms with E-state index in [4.69, 9.17) is 0 Å². The fourth-order valence-electron chi connectivity index (χ4n) is 4.77. The van der Waals surface area contributed by atoms with E-state index >= 15 is 0 Å². The lowest BCUT2D eigenvalue weighted by Gasteiger charge is -2.34. The van der Waals surface area contributed by atoms with Crippen molar-refractivity contribution >= 4 is 22.7 Å². The van der Waals surface area contributed by atoms with Gasteiger partial charge in [-0.1, -0.05) is 36.4 Å². The van der Waals surface area contributed by atoms with E-state index in [1.54, 1.807) is 29.2 Å². The minimum absolute atomic E-state index is 0.0230. The minimum Gasteiger partial charge on any atom is -0.354 e. The van der Waals surface area contributed by atoms with Gasteiger partial charge in [0.2, 0.25) is 11.8 Å². The Morgan fingerprint density at radius 3 is 2.58 bits per heavy atom. The summed E-state index contributed by atoms with van der Waals surface area (Å²) in [5.74, 6) is -0.373. The number of piperazine rings is 1. The first kappa shape index (κ1) is 19.7. The number of aromatic amines is 1. The molecule has 2 aliphatic rings. The van der Waals surface area contributed by atoms with Gasteiger partial charge in [-0.25, -0.2) is 0 Å². The summed E-state index contributed by atoms with van der Waals surface area (Å²) in [5, 5.41) is 3.53. The maximum Gasteiger partial charge on any atom is 0.417 e. The summed E-state index contributed by atoms with van der Waals surface area (Å²) in [6, 6.07) is 11.3. The summed E-state index contributed by atoms with van der Waals surface area (Å²) < 4.78 is 41.1. The van der Waals surface area contributed by atoms with Crippen molar-refractivity contribution in [3.8, 4) is 11.3 Å². The highest BCUT2D eigenvalue weighted by molar-refractivity contribution is 5.99. The molecule has 2 fully saturated rings. The number of para-hydroxylation sites is 1. The average molecular weight is 427 g/mol. The van der Waals surface area contributed by atoms with Gasteiger partial charge in [-0.2, -0.15) is 13.2 Å². The van der Waals surface area contributed by atoms with Crippen LogP contribution in [0.15, 0.2) is 48.5 Å². The highest BCUT2D eigenvalue weighted by Gasteiger charge is 2.43.